The second-order valence-electron chi connectivity index (χ2n) is 18.4. The molecule has 0 radical (unpaired) electrons. The molecule has 2 aromatic heterocycles. The third kappa shape index (κ3) is 9.69. The Bertz CT molecular complexity index is 2830. The van der Waals surface area contributed by atoms with Crippen LogP contribution >= 0.6 is 0 Å². The van der Waals surface area contributed by atoms with E-state index in [4.69, 9.17) is 9.47 Å². The van der Waals surface area contributed by atoms with Gasteiger partial charge in [-0.05, 0) is 97.7 Å². The fourth-order valence-electron chi connectivity index (χ4n) is 10.5. The number of rotatable bonds is 10. The molecular formula is C52H56N10O10. The molecule has 0 aliphatic carbocycles. The van der Waals surface area contributed by atoms with Crippen LogP contribution in [0.3, 0.4) is 0 Å². The molecule has 2 fully saturated rings. The van der Waals surface area contributed by atoms with Crippen LogP contribution in [0, 0.1) is 0 Å². The maximum Gasteiger partial charge on any atom is 0.443 e. The summed E-state index contributed by atoms with van der Waals surface area (Å²) in [5, 5.41) is 2.34. The lowest BCUT2D eigenvalue weighted by atomic mass is 9.97. The molecule has 0 spiro atoms. The second-order valence-corrected chi connectivity index (χ2v) is 18.4. The standard InChI is InChI=1S/C52H56N10O10/c1-69-43-7-3-5-39-35(15-19-57-21-25-59(26-22-57)37-9-11-41-33(29-37)13-17-53-41)31-61(45(39)43)49(65)47(63)55-71-51(67)52(68)72-56-48(64)50(66)62-32-36(40-6-4-8-44(70-2)46(40)62)16-20-58-23-27-60(28-24-58)38-10-12-42-34(30-38)14-18-54-42/h3-14,17-18,29-30,35-36,53-54H,15-16,19-28,31-32H2,1-2H3,(H,55,63)(H,56,64). The van der Waals surface area contributed by atoms with E-state index in [-0.39, 0.29) is 24.9 Å². The SMILES string of the molecule is COc1cccc2c1N(C(=O)C(=O)NOC(=O)C(=O)ONC(=O)C(=O)N1CC(CCN3CCN(c4ccc5[nH]ccc5c4)CC3)c3cccc(OC)c31)CC2CCN1CCN(c2ccc3[nH]ccc3c2)CC1. The van der Waals surface area contributed by atoms with Crippen molar-refractivity contribution < 1.29 is 47.9 Å². The van der Waals surface area contributed by atoms with Crippen molar-refractivity contribution in [2.75, 3.05) is 112 Å². The van der Waals surface area contributed by atoms with Gasteiger partial charge in [0, 0.05) is 123 Å². The molecule has 374 valence electrons. The monoisotopic (exact) mass is 980 g/mol. The van der Waals surface area contributed by atoms with Gasteiger partial charge in [0.1, 0.15) is 11.5 Å². The Morgan fingerprint density at radius 1 is 0.542 bits per heavy atom. The van der Waals surface area contributed by atoms with Gasteiger partial charge < -0.3 is 38.9 Å². The highest BCUT2D eigenvalue weighted by molar-refractivity contribution is 6.42. The topological polar surface area (TPSA) is 214 Å². The maximum atomic E-state index is 13.6. The van der Waals surface area contributed by atoms with Gasteiger partial charge in [-0.1, -0.05) is 24.3 Å². The minimum atomic E-state index is -1.76. The van der Waals surface area contributed by atoms with Gasteiger partial charge in [-0.15, -0.1) is 0 Å². The van der Waals surface area contributed by atoms with Crippen LogP contribution in [0.2, 0.25) is 0 Å². The van der Waals surface area contributed by atoms with Crippen molar-refractivity contribution in [2.24, 2.45) is 0 Å². The molecule has 0 saturated carbocycles. The number of aromatic nitrogens is 2. The Labute approximate surface area is 414 Å². The molecule has 72 heavy (non-hydrogen) atoms. The summed E-state index contributed by atoms with van der Waals surface area (Å²) >= 11 is 0. The number of carbonyl (C=O) groups excluding carboxylic acids is 6. The molecule has 4 N–H and O–H groups in total. The Kier molecular flexibility index (Phi) is 13.7. The van der Waals surface area contributed by atoms with Crippen LogP contribution in [0.5, 0.6) is 11.5 Å². The molecule has 20 heteroatoms. The number of fused-ring (bicyclic) bond motifs is 4. The Balaban J connectivity index is 0.684. The van der Waals surface area contributed by atoms with E-state index in [1.165, 1.54) is 46.2 Å². The number of benzene rings is 4. The number of hydroxylamine groups is 2. The van der Waals surface area contributed by atoms with E-state index < -0.39 is 35.6 Å². The largest absolute Gasteiger partial charge is 0.495 e. The number of piperazine rings is 2. The Hall–Kier alpha value is -8.10. The molecule has 4 aliphatic rings. The van der Waals surface area contributed by atoms with Crippen LogP contribution in [-0.2, 0) is 38.4 Å². The fourth-order valence-corrected chi connectivity index (χ4v) is 10.5. The first-order valence-corrected chi connectivity index (χ1v) is 24.1. The van der Waals surface area contributed by atoms with Crippen LogP contribution < -0.4 is 40.0 Å². The quantitative estimate of drug-likeness (QED) is 0.114. The van der Waals surface area contributed by atoms with Crippen LogP contribution in [0.4, 0.5) is 22.7 Å². The summed E-state index contributed by atoms with van der Waals surface area (Å²) < 4.78 is 11.2. The molecule has 20 nitrogen and oxygen atoms in total. The van der Waals surface area contributed by atoms with E-state index in [2.05, 4.69) is 87.8 Å². The summed E-state index contributed by atoms with van der Waals surface area (Å²) in [6.45, 7) is 8.74. The highest BCUT2D eigenvalue weighted by atomic mass is 16.7. The number of ether oxygens (including phenoxy) is 2. The molecule has 2 unspecified atom stereocenters. The normalized spacial score (nSPS) is 17.9. The first-order valence-electron chi connectivity index (χ1n) is 24.1. The van der Waals surface area contributed by atoms with Crippen molar-refractivity contribution in [2.45, 2.75) is 24.7 Å². The molecular weight excluding hydrogens is 925 g/mol. The number of nitrogens with zero attached hydrogens (tertiary/aromatic N) is 6. The van der Waals surface area contributed by atoms with Gasteiger partial charge in [0.2, 0.25) is 0 Å². The van der Waals surface area contributed by atoms with Crippen LogP contribution in [-0.4, -0.2) is 148 Å². The second kappa shape index (κ2) is 20.7. The van der Waals surface area contributed by atoms with E-state index >= 15 is 0 Å². The number of nitrogens with one attached hydrogen (secondary N) is 4. The molecule has 2 atom stereocenters. The Morgan fingerprint density at radius 2 is 0.958 bits per heavy atom. The first kappa shape index (κ1) is 47.6. The van der Waals surface area contributed by atoms with Gasteiger partial charge in [-0.2, -0.15) is 11.0 Å². The smallest absolute Gasteiger partial charge is 0.443 e. The molecule has 0 bridgehead atoms. The van der Waals surface area contributed by atoms with Crippen LogP contribution in [0.15, 0.2) is 97.3 Å². The third-order valence-corrected chi connectivity index (χ3v) is 14.4. The van der Waals surface area contributed by atoms with Crippen molar-refractivity contribution in [1.82, 2.24) is 30.7 Å². The van der Waals surface area contributed by atoms with Crippen molar-refractivity contribution in [3.05, 3.63) is 108 Å². The maximum absolute atomic E-state index is 13.6. The number of hydrogen-bond donors (Lipinski definition) is 4. The number of amides is 4. The average Bonchev–Trinajstić information content (AvgIpc) is 4.25. The van der Waals surface area contributed by atoms with E-state index in [1.807, 2.05) is 36.7 Å². The van der Waals surface area contributed by atoms with Gasteiger partial charge in [-0.3, -0.25) is 38.8 Å². The zero-order valence-corrected chi connectivity index (χ0v) is 40.1. The number of anilines is 4. The number of methoxy groups -OCH3 is 2. The van der Waals surface area contributed by atoms with Gasteiger partial charge in [-0.25, -0.2) is 9.59 Å². The van der Waals surface area contributed by atoms with E-state index in [0.717, 1.165) is 87.6 Å². The third-order valence-electron chi connectivity index (χ3n) is 14.4. The summed E-state index contributed by atoms with van der Waals surface area (Å²) in [5.74, 6) is -7.81. The lowest BCUT2D eigenvalue weighted by Crippen LogP contribution is -2.47. The number of carbonyl (C=O) groups is 6. The number of para-hydroxylation sites is 2. The highest BCUT2D eigenvalue weighted by Gasteiger charge is 2.40. The summed E-state index contributed by atoms with van der Waals surface area (Å²) in [6.07, 6.45) is 5.26. The molecule has 4 aromatic carbocycles. The number of aromatic amines is 2. The van der Waals surface area contributed by atoms with Crippen LogP contribution in [0.25, 0.3) is 21.8 Å². The van der Waals surface area contributed by atoms with E-state index in [1.54, 1.807) is 23.1 Å². The summed E-state index contributed by atoms with van der Waals surface area (Å²) in [5.41, 5.74) is 10.5. The van der Waals surface area contributed by atoms with Crippen LogP contribution in [0.1, 0.15) is 35.8 Å². The van der Waals surface area contributed by atoms with E-state index in [9.17, 15) is 28.8 Å². The van der Waals surface area contributed by atoms with Crippen molar-refractivity contribution >= 4 is 80.1 Å². The summed E-state index contributed by atoms with van der Waals surface area (Å²) in [7, 11) is 2.93. The molecule has 4 aliphatic heterocycles. The minimum absolute atomic E-state index is 0.130. The zero-order chi connectivity index (χ0) is 49.9. The fraction of sp³-hybridized carbons (Fsp3) is 0.346. The molecule has 6 heterocycles. The van der Waals surface area contributed by atoms with Gasteiger partial charge in [0.15, 0.2) is 0 Å². The highest BCUT2D eigenvalue weighted by Crippen LogP contribution is 2.46. The van der Waals surface area contributed by atoms with Gasteiger partial charge in [0.25, 0.3) is 0 Å². The first-order chi connectivity index (χ1) is 35.1. The summed E-state index contributed by atoms with van der Waals surface area (Å²) in [4.78, 5) is 107. The van der Waals surface area contributed by atoms with E-state index in [0.29, 0.717) is 35.7 Å². The predicted octanol–water partition coefficient (Wildman–Crippen LogP) is 3.80. The van der Waals surface area contributed by atoms with Gasteiger partial charge >= 0.3 is 35.6 Å². The number of hydrogen-bond acceptors (Lipinski definition) is 14. The Morgan fingerprint density at radius 3 is 1.36 bits per heavy atom. The molecule has 2 saturated heterocycles. The zero-order valence-electron chi connectivity index (χ0n) is 40.1. The van der Waals surface area contributed by atoms with Gasteiger partial charge in [0.05, 0.1) is 25.6 Å². The number of H-pyrrole nitrogens is 2. The van der Waals surface area contributed by atoms with Crippen molar-refractivity contribution in [1.29, 1.82) is 0 Å². The molecule has 10 rings (SSSR count). The molecule has 4 amide bonds. The molecule has 6 aromatic rings. The average molecular weight is 981 g/mol. The predicted molar refractivity (Wildman–Crippen MR) is 268 cm³/mol. The van der Waals surface area contributed by atoms with Crippen molar-refractivity contribution in [3.8, 4) is 11.5 Å². The van der Waals surface area contributed by atoms with Crippen molar-refractivity contribution in [3.63, 3.8) is 0 Å². The lowest BCUT2D eigenvalue weighted by Gasteiger charge is -2.36. The summed E-state index contributed by atoms with van der Waals surface area (Å²) in [6, 6.07) is 27.8. The lowest BCUT2D eigenvalue weighted by molar-refractivity contribution is -0.180. The minimum Gasteiger partial charge on any atom is -0.495 e.